The number of amides is 1. The number of carbonyl (C=O) groups excluding carboxylic acids is 1. The molecule has 2 aliphatic rings. The monoisotopic (exact) mass is 414 g/mol. The van der Waals surface area contributed by atoms with Gasteiger partial charge in [0.05, 0.1) is 10.6 Å². The highest BCUT2D eigenvalue weighted by molar-refractivity contribution is 5.92. The number of hydrazine groups is 1. The molecule has 2 heterocycles. The molecule has 2 unspecified atom stereocenters. The number of rotatable bonds is 4. The number of nitrogens with one attached hydrogen (secondary N) is 1. The molecular formula is C24H22N4O3. The first-order valence-electron chi connectivity index (χ1n) is 10.3. The molecular weight excluding hydrogens is 392 g/mol. The van der Waals surface area contributed by atoms with Crippen LogP contribution in [0.4, 0.5) is 17.1 Å². The van der Waals surface area contributed by atoms with Crippen LogP contribution in [0.25, 0.3) is 0 Å². The summed E-state index contributed by atoms with van der Waals surface area (Å²) in [6, 6.07) is 22.3. The van der Waals surface area contributed by atoms with Gasteiger partial charge >= 0.3 is 0 Å². The van der Waals surface area contributed by atoms with Crippen molar-refractivity contribution in [3.8, 4) is 0 Å². The fourth-order valence-corrected chi connectivity index (χ4v) is 4.48. The van der Waals surface area contributed by atoms with Crippen molar-refractivity contribution in [2.24, 2.45) is 0 Å². The molecule has 2 aliphatic heterocycles. The van der Waals surface area contributed by atoms with Gasteiger partial charge < -0.3 is 4.90 Å². The van der Waals surface area contributed by atoms with Gasteiger partial charge in [-0.15, -0.1) is 0 Å². The van der Waals surface area contributed by atoms with E-state index in [1.807, 2.05) is 31.2 Å². The molecule has 0 spiro atoms. The Bertz CT molecular complexity index is 1140. The lowest BCUT2D eigenvalue weighted by Gasteiger charge is -2.37. The maximum Gasteiger partial charge on any atom is 0.269 e. The number of anilines is 2. The molecule has 31 heavy (non-hydrogen) atoms. The van der Waals surface area contributed by atoms with Gasteiger partial charge in [-0.1, -0.05) is 48.0 Å². The van der Waals surface area contributed by atoms with Crippen LogP contribution >= 0.6 is 0 Å². The van der Waals surface area contributed by atoms with Gasteiger partial charge in [-0.05, 0) is 49.1 Å². The van der Waals surface area contributed by atoms with Gasteiger partial charge in [-0.3, -0.25) is 20.3 Å². The number of para-hydroxylation sites is 1. The van der Waals surface area contributed by atoms with Gasteiger partial charge in [0.1, 0.15) is 6.04 Å². The molecule has 3 aromatic rings. The quantitative estimate of drug-likeness (QED) is 0.499. The standard InChI is InChI=1S/C24H22N4O3/c1-16-6-8-18(9-7-16)23-26-21-5-3-2-4-17(21)10-15-22(26)24(29)27(23)25-19-11-13-20(14-12-19)28(30)31/h2-9,11-14,22-23,25H,10,15H2,1H3. The third-order valence-electron chi connectivity index (χ3n) is 6.03. The molecule has 156 valence electrons. The zero-order chi connectivity index (χ0) is 21.5. The number of carbonyl (C=O) groups is 1. The van der Waals surface area contributed by atoms with Crippen LogP contribution in [0.5, 0.6) is 0 Å². The second-order valence-electron chi connectivity index (χ2n) is 8.00. The minimum atomic E-state index is -0.433. The molecule has 0 bridgehead atoms. The maximum atomic E-state index is 13.5. The molecule has 1 N–H and O–H groups in total. The van der Waals surface area contributed by atoms with Crippen molar-refractivity contribution >= 4 is 23.0 Å². The van der Waals surface area contributed by atoms with Gasteiger partial charge in [-0.2, -0.15) is 0 Å². The van der Waals surface area contributed by atoms with E-state index in [1.54, 1.807) is 17.1 Å². The average molecular weight is 414 g/mol. The van der Waals surface area contributed by atoms with E-state index < -0.39 is 4.92 Å². The third kappa shape index (κ3) is 3.28. The Morgan fingerprint density at radius 3 is 2.42 bits per heavy atom. The van der Waals surface area contributed by atoms with Gasteiger partial charge in [0.2, 0.25) is 0 Å². The Balaban J connectivity index is 1.57. The number of nitro benzene ring substituents is 1. The summed E-state index contributed by atoms with van der Waals surface area (Å²) < 4.78 is 0. The average Bonchev–Trinajstić information content (AvgIpc) is 3.07. The van der Waals surface area contributed by atoms with Crippen LogP contribution in [-0.4, -0.2) is 21.9 Å². The first-order valence-corrected chi connectivity index (χ1v) is 10.3. The van der Waals surface area contributed by atoms with Crippen molar-refractivity contribution < 1.29 is 9.72 Å². The van der Waals surface area contributed by atoms with E-state index in [0.717, 1.165) is 29.7 Å². The lowest BCUT2D eigenvalue weighted by atomic mass is 9.95. The highest BCUT2D eigenvalue weighted by Crippen LogP contribution is 2.44. The van der Waals surface area contributed by atoms with E-state index >= 15 is 0 Å². The molecule has 1 fully saturated rings. The van der Waals surface area contributed by atoms with Gasteiger partial charge in [0.15, 0.2) is 6.17 Å². The van der Waals surface area contributed by atoms with Crippen molar-refractivity contribution in [1.29, 1.82) is 0 Å². The minimum Gasteiger partial charge on any atom is -0.333 e. The molecule has 1 amide bonds. The number of benzene rings is 3. The normalized spacial score (nSPS) is 19.7. The van der Waals surface area contributed by atoms with Crippen LogP contribution in [0.2, 0.25) is 0 Å². The molecule has 3 aromatic carbocycles. The lowest BCUT2D eigenvalue weighted by molar-refractivity contribution is -0.384. The zero-order valence-electron chi connectivity index (χ0n) is 17.1. The number of aryl methyl sites for hydroxylation is 2. The summed E-state index contributed by atoms with van der Waals surface area (Å²) in [5.74, 6) is -0.00145. The Morgan fingerprint density at radius 1 is 1.00 bits per heavy atom. The van der Waals surface area contributed by atoms with Crippen molar-refractivity contribution in [3.05, 3.63) is 99.6 Å². The van der Waals surface area contributed by atoms with E-state index in [0.29, 0.717) is 5.69 Å². The largest absolute Gasteiger partial charge is 0.333 e. The number of nitrogens with zero attached hydrogens (tertiary/aromatic N) is 3. The fourth-order valence-electron chi connectivity index (χ4n) is 4.48. The minimum absolute atomic E-state index is 0.00145. The summed E-state index contributed by atoms with van der Waals surface area (Å²) in [5, 5.41) is 12.6. The molecule has 2 atom stereocenters. The van der Waals surface area contributed by atoms with E-state index in [1.165, 1.54) is 17.7 Å². The van der Waals surface area contributed by atoms with Crippen LogP contribution in [-0.2, 0) is 11.2 Å². The highest BCUT2D eigenvalue weighted by atomic mass is 16.6. The fraction of sp³-hybridized carbons (Fsp3) is 0.208. The topological polar surface area (TPSA) is 78.7 Å². The first-order chi connectivity index (χ1) is 15.0. The Labute approximate surface area is 180 Å². The van der Waals surface area contributed by atoms with Gasteiger partial charge in [-0.25, -0.2) is 5.01 Å². The summed E-state index contributed by atoms with van der Waals surface area (Å²) in [7, 11) is 0. The van der Waals surface area contributed by atoms with E-state index in [-0.39, 0.29) is 23.8 Å². The second kappa shape index (κ2) is 7.43. The van der Waals surface area contributed by atoms with Crippen molar-refractivity contribution in [3.63, 3.8) is 0 Å². The van der Waals surface area contributed by atoms with Crippen LogP contribution in [0.1, 0.15) is 29.3 Å². The van der Waals surface area contributed by atoms with E-state index in [4.69, 9.17) is 0 Å². The van der Waals surface area contributed by atoms with Crippen LogP contribution < -0.4 is 10.3 Å². The number of hydrogen-bond acceptors (Lipinski definition) is 5. The van der Waals surface area contributed by atoms with E-state index in [9.17, 15) is 14.9 Å². The number of non-ortho nitro benzene ring substituents is 1. The molecule has 0 radical (unpaired) electrons. The highest BCUT2D eigenvalue weighted by Gasteiger charge is 2.49. The Hall–Kier alpha value is -3.87. The number of fused-ring (bicyclic) bond motifs is 3. The summed E-state index contributed by atoms with van der Waals surface area (Å²) in [4.78, 5) is 26.2. The predicted octanol–water partition coefficient (Wildman–Crippen LogP) is 4.59. The SMILES string of the molecule is Cc1ccc(C2N(Nc3ccc([N+](=O)[O-])cc3)C(=O)C3CCc4ccccc4N32)cc1. The first kappa shape index (κ1) is 19.1. The summed E-state index contributed by atoms with van der Waals surface area (Å²) in [6.07, 6.45) is 1.28. The van der Waals surface area contributed by atoms with Gasteiger partial charge in [0, 0.05) is 17.8 Å². The van der Waals surface area contributed by atoms with Crippen LogP contribution in [0, 0.1) is 17.0 Å². The number of hydrogen-bond donors (Lipinski definition) is 1. The third-order valence-corrected chi connectivity index (χ3v) is 6.03. The van der Waals surface area contributed by atoms with Crippen molar-refractivity contribution in [1.82, 2.24) is 5.01 Å². The Kier molecular flexibility index (Phi) is 4.58. The molecule has 7 nitrogen and oxygen atoms in total. The molecule has 0 aliphatic carbocycles. The molecule has 0 aromatic heterocycles. The van der Waals surface area contributed by atoms with Gasteiger partial charge in [0.25, 0.3) is 11.6 Å². The summed E-state index contributed by atoms with van der Waals surface area (Å²) in [6.45, 7) is 2.04. The molecule has 1 saturated heterocycles. The summed E-state index contributed by atoms with van der Waals surface area (Å²) in [5.41, 5.74) is 8.34. The Morgan fingerprint density at radius 2 is 1.71 bits per heavy atom. The van der Waals surface area contributed by atoms with Crippen molar-refractivity contribution in [2.45, 2.75) is 32.0 Å². The van der Waals surface area contributed by atoms with Crippen molar-refractivity contribution in [2.75, 3.05) is 10.3 Å². The van der Waals surface area contributed by atoms with Crippen LogP contribution in [0.3, 0.4) is 0 Å². The molecule has 7 heteroatoms. The smallest absolute Gasteiger partial charge is 0.269 e. The molecule has 5 rings (SSSR count). The zero-order valence-corrected chi connectivity index (χ0v) is 17.1. The predicted molar refractivity (Wildman–Crippen MR) is 119 cm³/mol. The maximum absolute atomic E-state index is 13.5. The number of nitro groups is 1. The van der Waals surface area contributed by atoms with Crippen LogP contribution in [0.15, 0.2) is 72.8 Å². The van der Waals surface area contributed by atoms with E-state index in [2.05, 4.69) is 34.6 Å². The second-order valence-corrected chi connectivity index (χ2v) is 8.00. The molecule has 0 saturated carbocycles. The summed E-state index contributed by atoms with van der Waals surface area (Å²) >= 11 is 0. The lowest BCUT2D eigenvalue weighted by Crippen LogP contribution is -2.38.